The Morgan fingerprint density at radius 2 is 1.97 bits per heavy atom. The lowest BCUT2D eigenvalue weighted by Crippen LogP contribution is -2.38. The highest BCUT2D eigenvalue weighted by Crippen LogP contribution is 2.47. The lowest BCUT2D eigenvalue weighted by atomic mass is 9.76. The van der Waals surface area contributed by atoms with Crippen LogP contribution in [-0.4, -0.2) is 34.8 Å². The molecule has 3 N–H and O–H groups in total. The number of nitriles is 1. The van der Waals surface area contributed by atoms with Gasteiger partial charge in [0.15, 0.2) is 10.1 Å². The number of hydrogen-bond donors (Lipinski definition) is 2. The van der Waals surface area contributed by atoms with Crippen molar-refractivity contribution < 1.29 is 14.3 Å². The van der Waals surface area contributed by atoms with E-state index in [2.05, 4.69) is 21.6 Å². The van der Waals surface area contributed by atoms with Crippen LogP contribution in [0.2, 0.25) is 0 Å². The van der Waals surface area contributed by atoms with Gasteiger partial charge in [0.2, 0.25) is 11.0 Å². The van der Waals surface area contributed by atoms with Crippen LogP contribution in [0.4, 0.5) is 10.8 Å². The van der Waals surface area contributed by atoms with Crippen LogP contribution in [0.1, 0.15) is 30.7 Å². The van der Waals surface area contributed by atoms with Gasteiger partial charge in [0.25, 0.3) is 0 Å². The number of amides is 1. The molecule has 2 aliphatic rings. The number of carbonyl (C=O) groups is 2. The molecule has 1 atom stereocenters. The summed E-state index contributed by atoms with van der Waals surface area (Å²) in [6.07, 6.45) is 1.74. The van der Waals surface area contributed by atoms with Crippen LogP contribution >= 0.6 is 23.1 Å². The molecule has 1 aliphatic carbocycles. The molecule has 38 heavy (non-hydrogen) atoms. The fraction of sp³-hybridized carbons (Fsp3) is 0.222. The highest BCUT2D eigenvalue weighted by Gasteiger charge is 2.41. The van der Waals surface area contributed by atoms with Crippen molar-refractivity contribution in [2.75, 3.05) is 23.1 Å². The molecule has 0 saturated carbocycles. The largest absolute Gasteiger partial charge is 0.495 e. The Kier molecular flexibility index (Phi) is 7.44. The lowest BCUT2D eigenvalue weighted by molar-refractivity contribution is -0.116. The summed E-state index contributed by atoms with van der Waals surface area (Å²) in [6.45, 7) is 0. The van der Waals surface area contributed by atoms with Gasteiger partial charge in [0.1, 0.15) is 11.6 Å². The van der Waals surface area contributed by atoms with Crippen molar-refractivity contribution in [3.63, 3.8) is 0 Å². The molecule has 11 heteroatoms. The molecule has 1 aromatic heterocycles. The van der Waals surface area contributed by atoms with Gasteiger partial charge in [-0.1, -0.05) is 65.6 Å². The smallest absolute Gasteiger partial charge is 0.234 e. The molecule has 0 saturated heterocycles. The second kappa shape index (κ2) is 11.1. The van der Waals surface area contributed by atoms with Crippen molar-refractivity contribution in [3.8, 4) is 11.8 Å². The summed E-state index contributed by atoms with van der Waals surface area (Å²) in [5.41, 5.74) is 9.68. The number of nitrogens with zero attached hydrogens (tertiary/aromatic N) is 4. The number of allylic oxidation sites excluding steroid dienone is 3. The standard InChI is InChI=1S/C27H24N6O3S2/c1-36-21-13-6-5-10-18(21)30-22(35)15-37-27-32-31-26(38-27)33-19-11-7-12-20(34)24(19)23(17(14-28)25(33)29)16-8-3-2-4-9-16/h2-6,8-10,13,23H,7,11-12,15,29H2,1H3,(H,30,35). The molecular formula is C27H24N6O3S2. The molecule has 1 unspecified atom stereocenters. The summed E-state index contributed by atoms with van der Waals surface area (Å²) in [5, 5.41) is 22.0. The quantitative estimate of drug-likeness (QED) is 0.410. The van der Waals surface area contributed by atoms with Crippen molar-refractivity contribution in [1.82, 2.24) is 10.2 Å². The van der Waals surface area contributed by atoms with E-state index in [0.29, 0.717) is 51.3 Å². The van der Waals surface area contributed by atoms with E-state index in [1.165, 1.54) is 23.1 Å². The first-order chi connectivity index (χ1) is 18.5. The van der Waals surface area contributed by atoms with Crippen LogP contribution in [0.3, 0.4) is 0 Å². The molecule has 1 amide bonds. The molecular weight excluding hydrogens is 520 g/mol. The number of ketones is 1. The zero-order chi connectivity index (χ0) is 26.6. The maximum absolute atomic E-state index is 13.2. The Balaban J connectivity index is 1.40. The number of benzene rings is 2. The predicted octanol–water partition coefficient (Wildman–Crippen LogP) is 4.58. The van der Waals surface area contributed by atoms with E-state index in [1.807, 2.05) is 42.5 Å². The zero-order valence-electron chi connectivity index (χ0n) is 20.5. The number of methoxy groups -OCH3 is 1. The summed E-state index contributed by atoms with van der Waals surface area (Å²) in [7, 11) is 1.55. The monoisotopic (exact) mass is 544 g/mol. The molecule has 0 spiro atoms. The van der Waals surface area contributed by atoms with Crippen LogP contribution in [0.15, 0.2) is 81.6 Å². The average molecular weight is 545 g/mol. The minimum Gasteiger partial charge on any atom is -0.495 e. The Bertz CT molecular complexity index is 1490. The predicted molar refractivity (Wildman–Crippen MR) is 147 cm³/mol. The third-order valence-electron chi connectivity index (χ3n) is 6.34. The molecule has 9 nitrogen and oxygen atoms in total. The van der Waals surface area contributed by atoms with Gasteiger partial charge in [0.05, 0.1) is 36.1 Å². The van der Waals surface area contributed by atoms with Crippen molar-refractivity contribution in [2.45, 2.75) is 29.5 Å². The zero-order valence-corrected chi connectivity index (χ0v) is 22.1. The minimum absolute atomic E-state index is 0.0116. The number of aromatic nitrogens is 2. The second-order valence-corrected chi connectivity index (χ2v) is 10.8. The Morgan fingerprint density at radius 3 is 2.74 bits per heavy atom. The van der Waals surface area contributed by atoms with Gasteiger partial charge in [-0.25, -0.2) is 0 Å². The second-order valence-electron chi connectivity index (χ2n) is 8.61. The normalized spacial score (nSPS) is 17.2. The first kappa shape index (κ1) is 25.5. The van der Waals surface area contributed by atoms with E-state index in [1.54, 1.807) is 24.1 Å². The van der Waals surface area contributed by atoms with E-state index in [-0.39, 0.29) is 23.3 Å². The molecule has 1 aliphatic heterocycles. The first-order valence-electron chi connectivity index (χ1n) is 11.9. The maximum atomic E-state index is 13.2. The highest BCUT2D eigenvalue weighted by molar-refractivity contribution is 8.01. The Labute approximate surface area is 228 Å². The number of hydrogen-bond acceptors (Lipinski definition) is 10. The fourth-order valence-corrected chi connectivity index (χ4v) is 6.38. The molecule has 0 radical (unpaired) electrons. The Morgan fingerprint density at radius 1 is 1.21 bits per heavy atom. The minimum atomic E-state index is -0.513. The number of ether oxygens (including phenoxy) is 1. The lowest BCUT2D eigenvalue weighted by Gasteiger charge is -2.38. The SMILES string of the molecule is COc1ccccc1NC(=O)CSc1nnc(N2C(N)=C(C#N)C(c3ccccc3)C3=C2CCCC3=O)s1. The average Bonchev–Trinajstić information content (AvgIpc) is 3.40. The van der Waals surface area contributed by atoms with Crippen molar-refractivity contribution in [1.29, 1.82) is 5.26 Å². The third kappa shape index (κ3) is 4.88. The molecule has 192 valence electrons. The van der Waals surface area contributed by atoms with Crippen LogP contribution in [0.25, 0.3) is 0 Å². The van der Waals surface area contributed by atoms with Gasteiger partial charge >= 0.3 is 0 Å². The van der Waals surface area contributed by atoms with E-state index < -0.39 is 5.92 Å². The number of carbonyl (C=O) groups excluding carboxylic acids is 2. The third-order valence-corrected chi connectivity index (χ3v) is 8.38. The summed E-state index contributed by atoms with van der Waals surface area (Å²) < 4.78 is 5.85. The number of Topliss-reactive ketones (excluding diaryl/α,β-unsaturated/α-hetero) is 1. The van der Waals surface area contributed by atoms with Crippen LogP contribution in [0, 0.1) is 11.3 Å². The highest BCUT2D eigenvalue weighted by atomic mass is 32.2. The number of para-hydroxylation sites is 2. The maximum Gasteiger partial charge on any atom is 0.234 e. The molecule has 0 bridgehead atoms. The molecule has 2 aromatic carbocycles. The van der Waals surface area contributed by atoms with Crippen LogP contribution < -0.4 is 20.7 Å². The topological polar surface area (TPSA) is 134 Å². The van der Waals surface area contributed by atoms with Gasteiger partial charge in [-0.2, -0.15) is 5.26 Å². The Hall–Kier alpha value is -4.14. The number of nitrogens with two attached hydrogens (primary N) is 1. The van der Waals surface area contributed by atoms with E-state index in [0.717, 1.165) is 11.3 Å². The number of anilines is 2. The van der Waals surface area contributed by atoms with Gasteiger partial charge in [-0.05, 0) is 30.5 Å². The number of nitrogens with one attached hydrogen (secondary N) is 1. The van der Waals surface area contributed by atoms with Crippen LogP contribution in [0.5, 0.6) is 5.75 Å². The van der Waals surface area contributed by atoms with Crippen molar-refractivity contribution in [3.05, 3.63) is 82.8 Å². The van der Waals surface area contributed by atoms with Crippen molar-refractivity contribution in [2.24, 2.45) is 5.73 Å². The molecule has 2 heterocycles. The molecule has 3 aromatic rings. The summed E-state index contributed by atoms with van der Waals surface area (Å²) in [5.74, 6) is 0.220. The van der Waals surface area contributed by atoms with Crippen molar-refractivity contribution >= 4 is 45.6 Å². The number of rotatable bonds is 7. The fourth-order valence-electron chi connectivity index (χ4n) is 4.70. The van der Waals surface area contributed by atoms with E-state index >= 15 is 0 Å². The summed E-state index contributed by atoms with van der Waals surface area (Å²) in [6, 6.07) is 18.9. The first-order valence-corrected chi connectivity index (χ1v) is 13.7. The van der Waals surface area contributed by atoms with Gasteiger partial charge in [0, 0.05) is 17.7 Å². The van der Waals surface area contributed by atoms with Gasteiger partial charge in [-0.15, -0.1) is 10.2 Å². The molecule has 5 rings (SSSR count). The van der Waals surface area contributed by atoms with Gasteiger partial charge in [-0.3, -0.25) is 14.5 Å². The van der Waals surface area contributed by atoms with Crippen LogP contribution in [-0.2, 0) is 9.59 Å². The van der Waals surface area contributed by atoms with E-state index in [4.69, 9.17) is 10.5 Å². The summed E-state index contributed by atoms with van der Waals surface area (Å²) in [4.78, 5) is 27.4. The van der Waals surface area contributed by atoms with Gasteiger partial charge < -0.3 is 15.8 Å². The number of thioether (sulfide) groups is 1. The summed E-state index contributed by atoms with van der Waals surface area (Å²) >= 11 is 2.50. The molecule has 0 fully saturated rings. The van der Waals surface area contributed by atoms with E-state index in [9.17, 15) is 14.9 Å².